The van der Waals surface area contributed by atoms with E-state index in [0.29, 0.717) is 30.8 Å². The number of carbonyl (C=O) groups excluding carboxylic acids is 3. The molecule has 3 aliphatic rings. The molecule has 0 aromatic carbocycles. The van der Waals surface area contributed by atoms with Crippen molar-refractivity contribution in [3.63, 3.8) is 0 Å². The minimum atomic E-state index is -0.849. The van der Waals surface area contributed by atoms with Gasteiger partial charge in [-0.25, -0.2) is 14.6 Å². The number of ether oxygens (including phenoxy) is 2. The van der Waals surface area contributed by atoms with Crippen molar-refractivity contribution in [3.05, 3.63) is 54.6 Å². The maximum Gasteiger partial charge on any atom is 0.411 e. The predicted octanol–water partition coefficient (Wildman–Crippen LogP) is 2.92. The van der Waals surface area contributed by atoms with Crippen LogP contribution in [-0.4, -0.2) is 79.2 Å². The molecule has 0 unspecified atom stereocenters. The second-order valence-corrected chi connectivity index (χ2v) is 11.0. The number of aliphatic hydroxyl groups is 1. The molecule has 0 aliphatic carbocycles. The number of aromatic nitrogens is 2. The fraction of sp³-hybridized carbons (Fsp3) is 0.538. The molecule has 2 amide bonds. The number of β-lactam (4-membered cyclic amide) rings is 1. The van der Waals surface area contributed by atoms with Gasteiger partial charge in [-0.2, -0.15) is 0 Å². The fourth-order valence-corrected chi connectivity index (χ4v) is 7.24. The number of thioether (sulfide) groups is 1. The van der Waals surface area contributed by atoms with Gasteiger partial charge in [0.1, 0.15) is 18.9 Å². The summed E-state index contributed by atoms with van der Waals surface area (Å²) < 4.78 is 12.8. The number of fused-ring (bicyclic) bond motifs is 1. The third kappa shape index (κ3) is 4.94. The standard InChI is InChI=1S/C26H34N4O6S/c1-5-14-35-24(33)21-22(17(3)20-19(18(4)31)23(32)30(20)21)37-26(9-12-28-13-10-27-16-28)8-7-11-29(26)25(34)36-15-6-2/h5-6,10,13,16-20,31H,1-2,7-9,11-12,14-15H2,3-4H3/t17-,18-,19-,20-,26-/m1/s1. The molecule has 0 saturated carbocycles. The van der Waals surface area contributed by atoms with Gasteiger partial charge in [-0.05, 0) is 26.2 Å². The van der Waals surface area contributed by atoms with E-state index in [1.165, 1.54) is 28.8 Å². The number of aryl methyl sites for hydroxylation is 1. The Morgan fingerprint density at radius 2 is 2.05 bits per heavy atom. The minimum absolute atomic E-state index is 0.00691. The average Bonchev–Trinajstić information content (AvgIpc) is 3.59. The second-order valence-electron chi connectivity index (χ2n) is 9.57. The van der Waals surface area contributed by atoms with Crippen LogP contribution in [0.25, 0.3) is 0 Å². The maximum atomic E-state index is 13.2. The highest BCUT2D eigenvalue weighted by Gasteiger charge is 2.61. The van der Waals surface area contributed by atoms with Gasteiger partial charge in [0.2, 0.25) is 5.91 Å². The van der Waals surface area contributed by atoms with E-state index in [0.717, 1.165) is 6.42 Å². The molecule has 37 heavy (non-hydrogen) atoms. The number of nitrogens with zero attached hydrogens (tertiary/aromatic N) is 4. The largest absolute Gasteiger partial charge is 0.457 e. The number of hydrogen-bond donors (Lipinski definition) is 1. The smallest absolute Gasteiger partial charge is 0.411 e. The van der Waals surface area contributed by atoms with Crippen molar-refractivity contribution in [3.8, 4) is 0 Å². The summed E-state index contributed by atoms with van der Waals surface area (Å²) in [7, 11) is 0. The lowest BCUT2D eigenvalue weighted by Crippen LogP contribution is -2.63. The van der Waals surface area contributed by atoms with Crippen LogP contribution >= 0.6 is 11.8 Å². The van der Waals surface area contributed by atoms with Crippen LogP contribution in [0.2, 0.25) is 0 Å². The first-order chi connectivity index (χ1) is 17.8. The van der Waals surface area contributed by atoms with Crippen molar-refractivity contribution < 1.29 is 29.0 Å². The third-order valence-electron chi connectivity index (χ3n) is 7.24. The van der Waals surface area contributed by atoms with Crippen molar-refractivity contribution in [2.75, 3.05) is 19.8 Å². The molecule has 1 aromatic heterocycles. The summed E-state index contributed by atoms with van der Waals surface area (Å²) >= 11 is 1.44. The van der Waals surface area contributed by atoms with Crippen LogP contribution in [-0.2, 0) is 25.6 Å². The van der Waals surface area contributed by atoms with Crippen molar-refractivity contribution in [1.29, 1.82) is 0 Å². The van der Waals surface area contributed by atoms with Crippen LogP contribution in [0.15, 0.2) is 54.6 Å². The lowest BCUT2D eigenvalue weighted by Gasteiger charge is -2.46. The zero-order valence-electron chi connectivity index (χ0n) is 21.2. The molecular formula is C26H34N4O6S. The quantitative estimate of drug-likeness (QED) is 0.264. The Kier molecular flexibility index (Phi) is 8.13. The highest BCUT2D eigenvalue weighted by molar-refractivity contribution is 8.04. The molecule has 3 aliphatic heterocycles. The van der Waals surface area contributed by atoms with Crippen molar-refractivity contribution in [2.24, 2.45) is 11.8 Å². The first-order valence-corrected chi connectivity index (χ1v) is 13.3. The topological polar surface area (TPSA) is 114 Å². The van der Waals surface area contributed by atoms with Crippen LogP contribution in [0.5, 0.6) is 0 Å². The highest BCUT2D eigenvalue weighted by Crippen LogP contribution is 2.56. The van der Waals surface area contributed by atoms with E-state index in [2.05, 4.69) is 18.1 Å². The van der Waals surface area contributed by atoms with Gasteiger partial charge in [0.15, 0.2) is 0 Å². The summed E-state index contributed by atoms with van der Waals surface area (Å²) in [6, 6.07) is -0.352. The Bertz CT molecular complexity index is 1090. The van der Waals surface area contributed by atoms with Gasteiger partial charge in [-0.1, -0.05) is 44.0 Å². The first kappa shape index (κ1) is 27.0. The number of amides is 2. The zero-order chi connectivity index (χ0) is 26.7. The number of imidazole rings is 1. The molecule has 4 rings (SSSR count). The molecule has 11 heteroatoms. The van der Waals surface area contributed by atoms with E-state index in [9.17, 15) is 19.5 Å². The third-order valence-corrected chi connectivity index (χ3v) is 9.03. The number of rotatable bonds is 11. The SMILES string of the molecule is C=CCOC(=O)C1=C(S[C@@]2(CCn3ccnc3)CCCN2C(=O)OCC=C)[C@H](C)[C@@H]2[C@@H]([C@@H](C)O)C(=O)N12. The average molecular weight is 531 g/mol. The van der Waals surface area contributed by atoms with Gasteiger partial charge in [-0.15, -0.1) is 0 Å². The number of hydrogen-bond acceptors (Lipinski definition) is 8. The monoisotopic (exact) mass is 530 g/mol. The predicted molar refractivity (Wildman–Crippen MR) is 138 cm³/mol. The van der Waals surface area contributed by atoms with Crippen LogP contribution in [0.4, 0.5) is 4.79 Å². The normalized spacial score (nSPS) is 27.5. The number of esters is 1. The Labute approximate surface area is 221 Å². The number of likely N-dealkylation sites (tertiary alicyclic amines) is 1. The second kappa shape index (κ2) is 11.1. The number of aliphatic hydroxyl groups excluding tert-OH is 1. The molecule has 4 heterocycles. The molecule has 2 fully saturated rings. The van der Waals surface area contributed by atoms with Crippen LogP contribution in [0, 0.1) is 11.8 Å². The van der Waals surface area contributed by atoms with Gasteiger partial charge in [0, 0.05) is 36.3 Å². The van der Waals surface area contributed by atoms with Gasteiger partial charge < -0.3 is 24.0 Å². The van der Waals surface area contributed by atoms with E-state index >= 15 is 0 Å². The van der Waals surface area contributed by atoms with E-state index < -0.39 is 29.0 Å². The first-order valence-electron chi connectivity index (χ1n) is 12.5. The molecule has 2 saturated heterocycles. The number of carbonyl (C=O) groups is 3. The minimum Gasteiger partial charge on any atom is -0.457 e. The van der Waals surface area contributed by atoms with E-state index in [1.54, 1.807) is 24.3 Å². The van der Waals surface area contributed by atoms with Gasteiger partial charge in [0.25, 0.3) is 0 Å². The van der Waals surface area contributed by atoms with Crippen molar-refractivity contribution in [1.82, 2.24) is 19.4 Å². The maximum absolute atomic E-state index is 13.2. The lowest BCUT2D eigenvalue weighted by atomic mass is 9.79. The summed E-state index contributed by atoms with van der Waals surface area (Å²) in [5.41, 5.74) is 0.194. The Morgan fingerprint density at radius 1 is 1.32 bits per heavy atom. The highest BCUT2D eigenvalue weighted by atomic mass is 32.2. The molecule has 5 atom stereocenters. The van der Waals surface area contributed by atoms with Crippen LogP contribution in [0.1, 0.15) is 33.1 Å². The van der Waals surface area contributed by atoms with E-state index in [-0.39, 0.29) is 36.8 Å². The van der Waals surface area contributed by atoms with Gasteiger partial charge in [0.05, 0.1) is 29.3 Å². The van der Waals surface area contributed by atoms with Gasteiger partial charge in [-0.3, -0.25) is 9.69 Å². The molecule has 0 bridgehead atoms. The molecule has 1 aromatic rings. The molecule has 10 nitrogen and oxygen atoms in total. The summed E-state index contributed by atoms with van der Waals surface area (Å²) in [4.78, 5) is 46.7. The summed E-state index contributed by atoms with van der Waals surface area (Å²) in [6.07, 6.45) is 9.00. The Hall–Kier alpha value is -3.05. The van der Waals surface area contributed by atoms with Crippen LogP contribution in [0.3, 0.4) is 0 Å². The molecule has 0 radical (unpaired) electrons. The fourth-order valence-electron chi connectivity index (χ4n) is 5.51. The Balaban J connectivity index is 1.72. The van der Waals surface area contributed by atoms with E-state index in [1.807, 2.05) is 17.7 Å². The molecule has 200 valence electrons. The molecular weight excluding hydrogens is 496 g/mol. The zero-order valence-corrected chi connectivity index (χ0v) is 22.1. The summed E-state index contributed by atoms with van der Waals surface area (Å²) in [5, 5.41) is 10.3. The molecule has 0 spiro atoms. The van der Waals surface area contributed by atoms with Gasteiger partial charge >= 0.3 is 12.1 Å². The Morgan fingerprint density at radius 3 is 2.70 bits per heavy atom. The summed E-state index contributed by atoms with van der Waals surface area (Å²) in [5.74, 6) is -1.74. The van der Waals surface area contributed by atoms with E-state index in [4.69, 9.17) is 9.47 Å². The van der Waals surface area contributed by atoms with Crippen molar-refractivity contribution >= 4 is 29.7 Å². The lowest BCUT2D eigenvalue weighted by molar-refractivity contribution is -0.164. The van der Waals surface area contributed by atoms with Crippen molar-refractivity contribution in [2.45, 2.75) is 56.7 Å². The molecule has 1 N–H and O–H groups in total. The summed E-state index contributed by atoms with van der Waals surface area (Å²) in [6.45, 7) is 12.0. The van der Waals surface area contributed by atoms with Crippen LogP contribution < -0.4 is 0 Å².